The number of Topliss-reactive ketones (excluding diaryl/α,β-unsaturated/α-hetero) is 2. The first kappa shape index (κ1) is 18.8. The van der Waals surface area contributed by atoms with Gasteiger partial charge in [0.2, 0.25) is 11.7 Å². The molecule has 0 spiro atoms. The van der Waals surface area contributed by atoms with E-state index in [1.54, 1.807) is 18.2 Å². The summed E-state index contributed by atoms with van der Waals surface area (Å²) in [5.74, 6) is -2.67. The lowest BCUT2D eigenvalue weighted by atomic mass is 10.0. The standard InChI is InChI=1S/C19H21N3O5/c1-12(23)15-8-5-11-21-16(24)10-9-14(19(27)22(15)21)20-18(26)17(25)13-6-3-2-4-7-13/h2-4,6-7,14-15H,5,8-11H2,1H3,(H,20,26)/t14-,15-/m0/s1. The lowest BCUT2D eigenvalue weighted by molar-refractivity contribution is -0.175. The maximum absolute atomic E-state index is 13.0. The molecule has 0 radical (unpaired) electrons. The second-order valence-electron chi connectivity index (χ2n) is 6.73. The predicted molar refractivity (Wildman–Crippen MR) is 94.2 cm³/mol. The summed E-state index contributed by atoms with van der Waals surface area (Å²) in [6.45, 7) is 1.74. The van der Waals surface area contributed by atoms with Crippen LogP contribution in [0.1, 0.15) is 43.0 Å². The zero-order valence-corrected chi connectivity index (χ0v) is 15.0. The molecule has 2 atom stereocenters. The lowest BCUT2D eigenvalue weighted by Crippen LogP contribution is -2.62. The highest BCUT2D eigenvalue weighted by molar-refractivity contribution is 6.43. The van der Waals surface area contributed by atoms with Crippen molar-refractivity contribution in [2.45, 2.75) is 44.7 Å². The molecule has 0 unspecified atom stereocenters. The van der Waals surface area contributed by atoms with Crippen molar-refractivity contribution in [1.29, 1.82) is 0 Å². The quantitative estimate of drug-likeness (QED) is 0.612. The van der Waals surface area contributed by atoms with Crippen LogP contribution in [0.3, 0.4) is 0 Å². The van der Waals surface area contributed by atoms with Crippen molar-refractivity contribution in [3.05, 3.63) is 35.9 Å². The van der Waals surface area contributed by atoms with Gasteiger partial charge in [-0.25, -0.2) is 5.01 Å². The van der Waals surface area contributed by atoms with Gasteiger partial charge >= 0.3 is 0 Å². The molecule has 27 heavy (non-hydrogen) atoms. The number of carbonyl (C=O) groups excluding carboxylic acids is 5. The number of nitrogens with one attached hydrogen (secondary N) is 1. The number of hydrazine groups is 1. The summed E-state index contributed by atoms with van der Waals surface area (Å²) in [4.78, 5) is 61.9. The first-order valence-corrected chi connectivity index (χ1v) is 8.94. The third kappa shape index (κ3) is 3.74. The van der Waals surface area contributed by atoms with Gasteiger partial charge in [0, 0.05) is 18.5 Å². The number of rotatable bonds is 4. The van der Waals surface area contributed by atoms with Crippen LogP contribution in [0.2, 0.25) is 0 Å². The zero-order chi connectivity index (χ0) is 19.6. The van der Waals surface area contributed by atoms with Crippen LogP contribution in [0.25, 0.3) is 0 Å². The molecule has 0 aliphatic carbocycles. The van der Waals surface area contributed by atoms with Crippen molar-refractivity contribution in [2.24, 2.45) is 0 Å². The molecule has 142 valence electrons. The summed E-state index contributed by atoms with van der Waals surface area (Å²) in [7, 11) is 0. The molecular formula is C19H21N3O5. The van der Waals surface area contributed by atoms with Gasteiger partial charge in [0.15, 0.2) is 5.78 Å². The van der Waals surface area contributed by atoms with E-state index in [2.05, 4.69) is 5.32 Å². The summed E-state index contributed by atoms with van der Waals surface area (Å²) in [6.07, 6.45) is 1.23. The average Bonchev–Trinajstić information content (AvgIpc) is 2.80. The zero-order valence-electron chi connectivity index (χ0n) is 15.0. The molecule has 3 rings (SSSR count). The third-order valence-corrected chi connectivity index (χ3v) is 4.88. The molecule has 0 aromatic heterocycles. The summed E-state index contributed by atoms with van der Waals surface area (Å²) in [5, 5.41) is 4.94. The minimum Gasteiger partial charge on any atom is -0.337 e. The van der Waals surface area contributed by atoms with Gasteiger partial charge in [-0.15, -0.1) is 0 Å². The molecule has 1 aromatic rings. The van der Waals surface area contributed by atoms with Gasteiger partial charge in [0.1, 0.15) is 12.1 Å². The molecule has 0 bridgehead atoms. The molecule has 8 nitrogen and oxygen atoms in total. The normalized spacial score (nSPS) is 22.7. The molecule has 1 aromatic carbocycles. The minimum atomic E-state index is -1.03. The first-order chi connectivity index (χ1) is 12.9. The van der Waals surface area contributed by atoms with Crippen LogP contribution in [-0.4, -0.2) is 57.9 Å². The molecule has 2 fully saturated rings. The van der Waals surface area contributed by atoms with Crippen molar-refractivity contribution >= 4 is 29.3 Å². The summed E-state index contributed by atoms with van der Waals surface area (Å²) in [5.41, 5.74) is 0.216. The van der Waals surface area contributed by atoms with Gasteiger partial charge in [-0.3, -0.25) is 29.0 Å². The van der Waals surface area contributed by atoms with E-state index in [-0.39, 0.29) is 30.1 Å². The smallest absolute Gasteiger partial charge is 0.293 e. The van der Waals surface area contributed by atoms with Crippen molar-refractivity contribution in [3.8, 4) is 0 Å². The number of carbonyl (C=O) groups is 5. The van der Waals surface area contributed by atoms with Gasteiger partial charge in [-0.2, -0.15) is 0 Å². The Balaban J connectivity index is 1.80. The second-order valence-corrected chi connectivity index (χ2v) is 6.73. The molecule has 2 saturated heterocycles. The van der Waals surface area contributed by atoms with Gasteiger partial charge in [0.05, 0.1) is 0 Å². The number of hydrogen-bond acceptors (Lipinski definition) is 5. The Labute approximate surface area is 156 Å². The van der Waals surface area contributed by atoms with Crippen molar-refractivity contribution in [2.75, 3.05) is 6.54 Å². The van der Waals surface area contributed by atoms with Crippen LogP contribution < -0.4 is 5.32 Å². The molecule has 0 saturated carbocycles. The summed E-state index contributed by atoms with van der Waals surface area (Å²) < 4.78 is 0. The highest BCUT2D eigenvalue weighted by atomic mass is 16.2. The van der Waals surface area contributed by atoms with E-state index in [1.807, 2.05) is 0 Å². The number of amides is 3. The monoisotopic (exact) mass is 371 g/mol. The van der Waals surface area contributed by atoms with Crippen molar-refractivity contribution in [3.63, 3.8) is 0 Å². The largest absolute Gasteiger partial charge is 0.337 e. The fourth-order valence-electron chi connectivity index (χ4n) is 3.48. The number of hydrogen-bond donors (Lipinski definition) is 1. The van der Waals surface area contributed by atoms with E-state index in [9.17, 15) is 24.0 Å². The number of fused-ring (bicyclic) bond motifs is 1. The number of benzene rings is 1. The van der Waals surface area contributed by atoms with Gasteiger partial charge in [-0.05, 0) is 26.2 Å². The average molecular weight is 371 g/mol. The fourth-order valence-corrected chi connectivity index (χ4v) is 3.48. The number of nitrogens with zero attached hydrogens (tertiary/aromatic N) is 2. The van der Waals surface area contributed by atoms with E-state index in [0.29, 0.717) is 19.4 Å². The highest BCUT2D eigenvalue weighted by Crippen LogP contribution is 2.25. The maximum Gasteiger partial charge on any atom is 0.293 e. The Morgan fingerprint density at radius 2 is 1.78 bits per heavy atom. The van der Waals surface area contributed by atoms with E-state index < -0.39 is 29.7 Å². The molecule has 2 aliphatic rings. The van der Waals surface area contributed by atoms with E-state index in [1.165, 1.54) is 29.1 Å². The van der Waals surface area contributed by atoms with Crippen molar-refractivity contribution < 1.29 is 24.0 Å². The maximum atomic E-state index is 13.0. The molecular weight excluding hydrogens is 350 g/mol. The highest BCUT2D eigenvalue weighted by Gasteiger charge is 2.43. The Kier molecular flexibility index (Phi) is 5.34. The fraction of sp³-hybridized carbons (Fsp3) is 0.421. The minimum absolute atomic E-state index is 0.0529. The first-order valence-electron chi connectivity index (χ1n) is 8.94. The van der Waals surface area contributed by atoms with Crippen LogP contribution >= 0.6 is 0 Å². The predicted octanol–water partition coefficient (Wildman–Crippen LogP) is 0.471. The third-order valence-electron chi connectivity index (χ3n) is 4.88. The van der Waals surface area contributed by atoms with Crippen LogP contribution in [0.15, 0.2) is 30.3 Å². The molecule has 1 N–H and O–H groups in total. The van der Waals surface area contributed by atoms with Crippen molar-refractivity contribution in [1.82, 2.24) is 15.3 Å². The van der Waals surface area contributed by atoms with Gasteiger partial charge < -0.3 is 5.32 Å². The Morgan fingerprint density at radius 3 is 2.44 bits per heavy atom. The second kappa shape index (κ2) is 7.69. The molecule has 3 amide bonds. The Bertz CT molecular complexity index is 792. The Hall–Kier alpha value is -3.03. The topological polar surface area (TPSA) is 104 Å². The van der Waals surface area contributed by atoms with Crippen LogP contribution in [0, 0.1) is 0 Å². The van der Waals surface area contributed by atoms with Crippen LogP contribution in [-0.2, 0) is 19.2 Å². The van der Waals surface area contributed by atoms with Gasteiger partial charge in [-0.1, -0.05) is 30.3 Å². The summed E-state index contributed by atoms with van der Waals surface area (Å²) in [6, 6.07) is 6.27. The Morgan fingerprint density at radius 1 is 1.07 bits per heavy atom. The molecule has 2 heterocycles. The summed E-state index contributed by atoms with van der Waals surface area (Å²) >= 11 is 0. The molecule has 8 heteroatoms. The van der Waals surface area contributed by atoms with Gasteiger partial charge in [0.25, 0.3) is 11.8 Å². The van der Waals surface area contributed by atoms with Crippen LogP contribution in [0.4, 0.5) is 0 Å². The molecule has 2 aliphatic heterocycles. The van der Waals surface area contributed by atoms with Crippen LogP contribution in [0.5, 0.6) is 0 Å². The lowest BCUT2D eigenvalue weighted by Gasteiger charge is -2.42. The van der Waals surface area contributed by atoms with E-state index in [0.717, 1.165) is 0 Å². The van der Waals surface area contributed by atoms with E-state index >= 15 is 0 Å². The van der Waals surface area contributed by atoms with E-state index in [4.69, 9.17) is 0 Å². The SMILES string of the molecule is CC(=O)[C@@H]1CCCN2C(=O)CC[C@H](NC(=O)C(=O)c3ccccc3)C(=O)N12. The number of ketones is 2.